The van der Waals surface area contributed by atoms with Gasteiger partial charge in [0.15, 0.2) is 12.0 Å². The lowest BCUT2D eigenvalue weighted by atomic mass is 10.1. The molecule has 0 unspecified atom stereocenters. The summed E-state index contributed by atoms with van der Waals surface area (Å²) in [5.41, 5.74) is 1.69. The summed E-state index contributed by atoms with van der Waals surface area (Å²) in [6.07, 6.45) is 1.39. The average Bonchev–Trinajstić information content (AvgIpc) is 2.76. The fourth-order valence-electron chi connectivity index (χ4n) is 2.96. The van der Waals surface area contributed by atoms with Crippen molar-refractivity contribution in [1.82, 2.24) is 0 Å². The minimum Gasteiger partial charge on any atom is -0.484 e. The molecule has 0 aliphatic rings. The van der Waals surface area contributed by atoms with Gasteiger partial charge in [-0.05, 0) is 48.0 Å². The van der Waals surface area contributed by atoms with Crippen LogP contribution in [0.15, 0.2) is 76.1 Å². The Morgan fingerprint density at radius 3 is 2.45 bits per heavy atom. The second kappa shape index (κ2) is 9.02. The third-order valence-corrected chi connectivity index (χ3v) is 5.29. The average molecular weight is 475 g/mol. The van der Waals surface area contributed by atoms with Gasteiger partial charge in [-0.15, -0.1) is 0 Å². The summed E-state index contributed by atoms with van der Waals surface area (Å²) < 4.78 is 11.2. The fourth-order valence-corrected chi connectivity index (χ4v) is 3.42. The van der Waals surface area contributed by atoms with Gasteiger partial charge >= 0.3 is 0 Å². The summed E-state index contributed by atoms with van der Waals surface area (Å²) in [7, 11) is 0. The van der Waals surface area contributed by atoms with Crippen LogP contribution in [0.25, 0.3) is 22.1 Å². The molecule has 1 aromatic heterocycles. The Morgan fingerprint density at radius 1 is 0.935 bits per heavy atom. The van der Waals surface area contributed by atoms with E-state index in [1.807, 2.05) is 0 Å². The Bertz CT molecular complexity index is 1330. The number of halogens is 3. The Labute approximate surface area is 192 Å². The number of benzene rings is 3. The first kappa shape index (κ1) is 21.2. The summed E-state index contributed by atoms with van der Waals surface area (Å²) in [6.45, 7) is -0.262. The molecule has 0 radical (unpaired) electrons. The third kappa shape index (κ3) is 4.85. The molecular weight excluding hydrogens is 461 g/mol. The van der Waals surface area contributed by atoms with Gasteiger partial charge in [-0.25, -0.2) is 0 Å². The van der Waals surface area contributed by atoms with Gasteiger partial charge in [0.1, 0.15) is 17.6 Å². The Hall–Kier alpha value is -2.99. The molecule has 1 heterocycles. The van der Waals surface area contributed by atoms with Crippen LogP contribution >= 0.6 is 34.8 Å². The van der Waals surface area contributed by atoms with E-state index >= 15 is 0 Å². The van der Waals surface area contributed by atoms with Gasteiger partial charge in [0.25, 0.3) is 5.91 Å². The van der Waals surface area contributed by atoms with Crippen molar-refractivity contribution in [2.24, 2.45) is 0 Å². The molecule has 0 fully saturated rings. The SMILES string of the molecule is O=C(COc1ccc2c(=O)c(-c3ccc(Cl)cc3)coc2c1)Nc1cc(Cl)ccc1Cl. The summed E-state index contributed by atoms with van der Waals surface area (Å²) in [6, 6.07) is 16.4. The van der Waals surface area contributed by atoms with Gasteiger partial charge in [-0.1, -0.05) is 46.9 Å². The van der Waals surface area contributed by atoms with E-state index in [4.69, 9.17) is 44.0 Å². The van der Waals surface area contributed by atoms with Gasteiger partial charge < -0.3 is 14.5 Å². The van der Waals surface area contributed by atoms with Crippen LogP contribution in [-0.2, 0) is 4.79 Å². The molecule has 8 heteroatoms. The number of fused-ring (bicyclic) bond motifs is 1. The number of nitrogens with one attached hydrogen (secondary N) is 1. The Morgan fingerprint density at radius 2 is 1.68 bits per heavy atom. The molecule has 5 nitrogen and oxygen atoms in total. The van der Waals surface area contributed by atoms with E-state index in [0.29, 0.717) is 48.6 Å². The summed E-state index contributed by atoms with van der Waals surface area (Å²) in [5, 5.41) is 4.42. The molecule has 0 atom stereocenters. The number of carbonyl (C=O) groups excluding carboxylic acids is 1. The van der Waals surface area contributed by atoms with Gasteiger partial charge in [0.05, 0.1) is 21.7 Å². The molecule has 0 saturated heterocycles. The largest absolute Gasteiger partial charge is 0.484 e. The summed E-state index contributed by atoms with van der Waals surface area (Å²) in [4.78, 5) is 25.0. The highest BCUT2D eigenvalue weighted by Gasteiger charge is 2.12. The minimum atomic E-state index is -0.413. The number of carbonyl (C=O) groups is 1. The maximum absolute atomic E-state index is 12.8. The van der Waals surface area contributed by atoms with Gasteiger partial charge in [-0.2, -0.15) is 0 Å². The van der Waals surface area contributed by atoms with Gasteiger partial charge in [-0.3, -0.25) is 9.59 Å². The van der Waals surface area contributed by atoms with Gasteiger partial charge in [0.2, 0.25) is 0 Å². The van der Waals surface area contributed by atoms with E-state index in [-0.39, 0.29) is 12.0 Å². The summed E-state index contributed by atoms with van der Waals surface area (Å²) in [5.74, 6) is -0.0361. The lowest BCUT2D eigenvalue weighted by Gasteiger charge is -2.10. The smallest absolute Gasteiger partial charge is 0.262 e. The second-order valence-electron chi connectivity index (χ2n) is 6.60. The third-order valence-electron chi connectivity index (χ3n) is 4.47. The topological polar surface area (TPSA) is 68.5 Å². The fraction of sp³-hybridized carbons (Fsp3) is 0.0435. The zero-order chi connectivity index (χ0) is 22.0. The quantitative estimate of drug-likeness (QED) is 0.361. The zero-order valence-electron chi connectivity index (χ0n) is 15.8. The normalized spacial score (nSPS) is 10.8. The first-order valence-electron chi connectivity index (χ1n) is 9.10. The number of ether oxygens (including phenoxy) is 1. The van der Waals surface area contributed by atoms with Crippen molar-refractivity contribution in [1.29, 1.82) is 0 Å². The minimum absolute atomic E-state index is 0.177. The summed E-state index contributed by atoms with van der Waals surface area (Å²) >= 11 is 17.9. The lowest BCUT2D eigenvalue weighted by Crippen LogP contribution is -2.20. The van der Waals surface area contributed by atoms with E-state index in [9.17, 15) is 9.59 Å². The van der Waals surface area contributed by atoms with Crippen molar-refractivity contribution >= 4 is 57.4 Å². The molecular formula is C23H14Cl3NO4. The Balaban J connectivity index is 1.50. The van der Waals surface area contributed by atoms with Crippen LogP contribution in [0, 0.1) is 0 Å². The van der Waals surface area contributed by atoms with E-state index in [1.54, 1.807) is 60.7 Å². The highest BCUT2D eigenvalue weighted by molar-refractivity contribution is 6.35. The lowest BCUT2D eigenvalue weighted by molar-refractivity contribution is -0.118. The monoisotopic (exact) mass is 473 g/mol. The van der Waals surface area contributed by atoms with Crippen molar-refractivity contribution in [3.63, 3.8) is 0 Å². The number of amides is 1. The van der Waals surface area contributed by atoms with Crippen molar-refractivity contribution in [2.45, 2.75) is 0 Å². The first-order chi connectivity index (χ1) is 14.9. The maximum atomic E-state index is 12.8. The standard InChI is InChI=1S/C23H14Cl3NO4/c24-14-3-1-13(2-4-14)18-11-31-21-10-16(6-7-17(21)23(18)29)30-12-22(28)27-20-9-15(25)5-8-19(20)26/h1-11H,12H2,(H,27,28). The number of rotatable bonds is 5. The van der Waals surface area contributed by atoms with E-state index in [2.05, 4.69) is 5.32 Å². The van der Waals surface area contributed by atoms with Crippen LogP contribution in [0.1, 0.15) is 0 Å². The van der Waals surface area contributed by atoms with E-state index in [1.165, 1.54) is 6.26 Å². The van der Waals surface area contributed by atoms with Crippen LogP contribution < -0.4 is 15.5 Å². The first-order valence-corrected chi connectivity index (χ1v) is 10.2. The predicted octanol–water partition coefficient (Wildman–Crippen LogP) is 6.44. The predicted molar refractivity (Wildman–Crippen MR) is 124 cm³/mol. The molecule has 0 aliphatic heterocycles. The maximum Gasteiger partial charge on any atom is 0.262 e. The van der Waals surface area contributed by atoms with Crippen LogP contribution in [0.2, 0.25) is 15.1 Å². The molecule has 3 aromatic carbocycles. The van der Waals surface area contributed by atoms with Crippen molar-refractivity contribution in [3.05, 3.63) is 92.2 Å². The molecule has 0 spiro atoms. The van der Waals surface area contributed by atoms with Crippen LogP contribution in [-0.4, -0.2) is 12.5 Å². The van der Waals surface area contributed by atoms with E-state index in [0.717, 1.165) is 0 Å². The molecule has 0 saturated carbocycles. The van der Waals surface area contributed by atoms with Crippen LogP contribution in [0.3, 0.4) is 0 Å². The van der Waals surface area contributed by atoms with E-state index < -0.39 is 5.91 Å². The molecule has 31 heavy (non-hydrogen) atoms. The van der Waals surface area contributed by atoms with Crippen LogP contribution in [0.5, 0.6) is 5.75 Å². The zero-order valence-corrected chi connectivity index (χ0v) is 18.1. The molecule has 4 aromatic rings. The van der Waals surface area contributed by atoms with Crippen LogP contribution in [0.4, 0.5) is 5.69 Å². The highest BCUT2D eigenvalue weighted by atomic mass is 35.5. The molecule has 0 aliphatic carbocycles. The van der Waals surface area contributed by atoms with Gasteiger partial charge in [0, 0.05) is 16.1 Å². The number of hydrogen-bond donors (Lipinski definition) is 1. The molecule has 156 valence electrons. The highest BCUT2D eigenvalue weighted by Crippen LogP contribution is 2.26. The Kier molecular flexibility index (Phi) is 6.18. The molecule has 0 bridgehead atoms. The second-order valence-corrected chi connectivity index (χ2v) is 7.88. The molecule has 4 rings (SSSR count). The van der Waals surface area contributed by atoms with Crippen molar-refractivity contribution in [3.8, 4) is 16.9 Å². The molecule has 1 N–H and O–H groups in total. The van der Waals surface area contributed by atoms with Crippen molar-refractivity contribution < 1.29 is 13.9 Å². The number of hydrogen-bond acceptors (Lipinski definition) is 4. The molecule has 1 amide bonds. The van der Waals surface area contributed by atoms with Crippen molar-refractivity contribution in [2.75, 3.05) is 11.9 Å². The number of anilines is 1.